The van der Waals surface area contributed by atoms with E-state index in [1.54, 1.807) is 7.11 Å². The highest BCUT2D eigenvalue weighted by Crippen LogP contribution is 2.33. The minimum absolute atomic E-state index is 0.757. The molecule has 0 amide bonds. The predicted octanol–water partition coefficient (Wildman–Crippen LogP) is 3.54. The van der Waals surface area contributed by atoms with Crippen molar-refractivity contribution in [3.8, 4) is 5.75 Å². The van der Waals surface area contributed by atoms with Crippen LogP contribution in [-0.4, -0.2) is 7.11 Å². The molecular weight excluding hydrogens is 172 g/mol. The fraction of sp³-hybridized carbons (Fsp3) is 0.538. The van der Waals surface area contributed by atoms with Gasteiger partial charge >= 0.3 is 0 Å². The van der Waals surface area contributed by atoms with Crippen LogP contribution in [0.3, 0.4) is 0 Å². The zero-order valence-corrected chi connectivity index (χ0v) is 8.75. The summed E-state index contributed by atoms with van der Waals surface area (Å²) in [5, 5.41) is 0. The third-order valence-electron chi connectivity index (χ3n) is 3.10. The molecule has 0 N–H and O–H groups in total. The van der Waals surface area contributed by atoms with Gasteiger partial charge in [-0.2, -0.15) is 0 Å². The van der Waals surface area contributed by atoms with E-state index in [0.29, 0.717) is 0 Å². The second kappa shape index (κ2) is 4.50. The summed E-state index contributed by atoms with van der Waals surface area (Å²) >= 11 is 0. The minimum atomic E-state index is 0.757. The van der Waals surface area contributed by atoms with Gasteiger partial charge in [0.15, 0.2) is 0 Å². The average Bonchev–Trinajstić information content (AvgIpc) is 2.30. The van der Waals surface area contributed by atoms with Crippen LogP contribution in [0.15, 0.2) is 18.2 Å². The Kier molecular flexibility index (Phi) is 3.07. The molecule has 1 saturated carbocycles. The van der Waals surface area contributed by atoms with Gasteiger partial charge in [-0.1, -0.05) is 31.4 Å². The summed E-state index contributed by atoms with van der Waals surface area (Å²) in [4.78, 5) is 0. The molecule has 14 heavy (non-hydrogen) atoms. The highest BCUT2D eigenvalue weighted by Gasteiger charge is 2.15. The molecule has 1 fully saturated rings. The van der Waals surface area contributed by atoms with Crippen molar-refractivity contribution in [2.75, 3.05) is 7.11 Å². The van der Waals surface area contributed by atoms with Crippen LogP contribution in [0, 0.1) is 6.07 Å². The van der Waals surface area contributed by atoms with Crippen LogP contribution in [0.25, 0.3) is 0 Å². The first-order valence-corrected chi connectivity index (χ1v) is 5.46. The average molecular weight is 189 g/mol. The highest BCUT2D eigenvalue weighted by molar-refractivity contribution is 5.29. The van der Waals surface area contributed by atoms with E-state index in [9.17, 15) is 0 Å². The van der Waals surface area contributed by atoms with Crippen LogP contribution < -0.4 is 4.74 Å². The number of benzene rings is 1. The molecule has 0 aliphatic heterocycles. The summed E-state index contributed by atoms with van der Waals surface area (Å²) in [5.41, 5.74) is 1.43. The van der Waals surface area contributed by atoms with Crippen molar-refractivity contribution in [2.45, 2.75) is 38.0 Å². The topological polar surface area (TPSA) is 9.23 Å². The molecule has 1 aliphatic carbocycles. The summed E-state index contributed by atoms with van der Waals surface area (Å²) in [6.07, 6.45) is 6.85. The molecule has 0 aromatic heterocycles. The fourth-order valence-corrected chi connectivity index (χ4v) is 2.27. The number of rotatable bonds is 2. The van der Waals surface area contributed by atoms with Crippen molar-refractivity contribution >= 4 is 0 Å². The number of methoxy groups -OCH3 is 1. The molecule has 1 aliphatic rings. The molecule has 0 unspecified atom stereocenters. The smallest absolute Gasteiger partial charge is 0.127 e. The summed E-state index contributed by atoms with van der Waals surface area (Å²) in [6.45, 7) is 0. The number of hydrogen-bond donors (Lipinski definition) is 0. The Labute approximate surface area is 86.1 Å². The Morgan fingerprint density at radius 1 is 1.29 bits per heavy atom. The van der Waals surface area contributed by atoms with Gasteiger partial charge in [0, 0.05) is 6.07 Å². The SMILES string of the molecule is COc1[c]ccc(C2CCCCC2)c1. The van der Waals surface area contributed by atoms with Crippen LogP contribution in [0.5, 0.6) is 5.75 Å². The summed E-state index contributed by atoms with van der Waals surface area (Å²) in [7, 11) is 1.70. The van der Waals surface area contributed by atoms with Crippen molar-refractivity contribution in [3.63, 3.8) is 0 Å². The van der Waals surface area contributed by atoms with Crippen molar-refractivity contribution in [3.05, 3.63) is 29.8 Å². The van der Waals surface area contributed by atoms with E-state index in [1.807, 2.05) is 6.07 Å². The monoisotopic (exact) mass is 189 g/mol. The third kappa shape index (κ3) is 2.09. The molecule has 75 valence electrons. The zero-order valence-electron chi connectivity index (χ0n) is 8.75. The Hall–Kier alpha value is -0.980. The quantitative estimate of drug-likeness (QED) is 0.691. The second-order valence-electron chi connectivity index (χ2n) is 4.03. The van der Waals surface area contributed by atoms with Crippen LogP contribution in [0.1, 0.15) is 43.6 Å². The van der Waals surface area contributed by atoms with Gasteiger partial charge in [0.2, 0.25) is 0 Å². The van der Waals surface area contributed by atoms with Crippen LogP contribution >= 0.6 is 0 Å². The molecule has 0 bridgehead atoms. The lowest BCUT2D eigenvalue weighted by atomic mass is 9.84. The van der Waals surface area contributed by atoms with Gasteiger partial charge in [0.25, 0.3) is 0 Å². The van der Waals surface area contributed by atoms with Crippen LogP contribution in [-0.2, 0) is 0 Å². The van der Waals surface area contributed by atoms with E-state index in [1.165, 1.54) is 37.7 Å². The third-order valence-corrected chi connectivity index (χ3v) is 3.10. The highest BCUT2D eigenvalue weighted by atomic mass is 16.5. The minimum Gasteiger partial charge on any atom is -0.496 e. The van der Waals surface area contributed by atoms with Gasteiger partial charge in [-0.15, -0.1) is 0 Å². The maximum absolute atomic E-state index is 5.19. The maximum Gasteiger partial charge on any atom is 0.127 e. The molecule has 1 heteroatoms. The molecule has 1 aromatic rings. The maximum atomic E-state index is 5.19. The van der Waals surface area contributed by atoms with Crippen molar-refractivity contribution in [2.24, 2.45) is 0 Å². The van der Waals surface area contributed by atoms with E-state index in [4.69, 9.17) is 4.74 Å². The molecule has 0 heterocycles. The lowest BCUT2D eigenvalue weighted by molar-refractivity contribution is 0.409. The number of ether oxygens (including phenoxy) is 1. The van der Waals surface area contributed by atoms with E-state index < -0.39 is 0 Å². The molecule has 1 aromatic carbocycles. The lowest BCUT2D eigenvalue weighted by Gasteiger charge is -2.22. The van der Waals surface area contributed by atoms with Gasteiger partial charge in [0.1, 0.15) is 5.75 Å². The Morgan fingerprint density at radius 2 is 2.07 bits per heavy atom. The summed E-state index contributed by atoms with van der Waals surface area (Å²) in [6, 6.07) is 9.36. The second-order valence-corrected chi connectivity index (χ2v) is 4.03. The van der Waals surface area contributed by atoms with Gasteiger partial charge in [0.05, 0.1) is 7.11 Å². The van der Waals surface area contributed by atoms with E-state index in [2.05, 4.69) is 18.2 Å². The normalized spacial score (nSPS) is 18.1. The van der Waals surface area contributed by atoms with Crippen LogP contribution in [0.4, 0.5) is 0 Å². The fourth-order valence-electron chi connectivity index (χ4n) is 2.27. The van der Waals surface area contributed by atoms with E-state index in [0.717, 1.165) is 11.7 Å². The van der Waals surface area contributed by atoms with Gasteiger partial charge in [-0.3, -0.25) is 0 Å². The largest absolute Gasteiger partial charge is 0.496 e. The lowest BCUT2D eigenvalue weighted by Crippen LogP contribution is -2.04. The van der Waals surface area contributed by atoms with E-state index >= 15 is 0 Å². The van der Waals surface area contributed by atoms with Crippen molar-refractivity contribution < 1.29 is 4.74 Å². The zero-order chi connectivity index (χ0) is 9.80. The Morgan fingerprint density at radius 3 is 2.79 bits per heavy atom. The Bertz CT molecular complexity index is 287. The van der Waals surface area contributed by atoms with Gasteiger partial charge in [-0.25, -0.2) is 0 Å². The van der Waals surface area contributed by atoms with Crippen LogP contribution in [0.2, 0.25) is 0 Å². The predicted molar refractivity (Wildman–Crippen MR) is 57.7 cm³/mol. The molecule has 1 radical (unpaired) electrons. The molecule has 0 spiro atoms. The standard InChI is InChI=1S/C13H17O/c1-14-13-9-5-8-12(10-13)11-6-3-2-4-7-11/h5,8,10-11H,2-4,6-7H2,1H3. The van der Waals surface area contributed by atoms with Crippen molar-refractivity contribution in [1.29, 1.82) is 0 Å². The molecule has 2 rings (SSSR count). The van der Waals surface area contributed by atoms with Gasteiger partial charge < -0.3 is 4.74 Å². The summed E-state index contributed by atoms with van der Waals surface area (Å²) < 4.78 is 5.19. The molecule has 1 nitrogen and oxygen atoms in total. The summed E-state index contributed by atoms with van der Waals surface area (Å²) in [5.74, 6) is 1.63. The Balaban J connectivity index is 2.13. The molecular formula is C13H17O. The van der Waals surface area contributed by atoms with Crippen molar-refractivity contribution in [1.82, 2.24) is 0 Å². The first-order valence-electron chi connectivity index (χ1n) is 5.46. The number of hydrogen-bond acceptors (Lipinski definition) is 1. The first kappa shape index (κ1) is 9.57. The molecule has 0 saturated heterocycles. The van der Waals surface area contributed by atoms with Gasteiger partial charge in [-0.05, 0) is 30.4 Å². The first-order chi connectivity index (χ1) is 6.90. The molecule has 0 atom stereocenters. The van der Waals surface area contributed by atoms with E-state index in [-0.39, 0.29) is 0 Å².